The lowest BCUT2D eigenvalue weighted by atomic mass is 9.98. The van der Waals surface area contributed by atoms with Gasteiger partial charge in [0, 0.05) is 17.2 Å². The van der Waals surface area contributed by atoms with Crippen molar-refractivity contribution in [1.29, 1.82) is 0 Å². The largest absolute Gasteiger partial charge is 0.386 e. The molecule has 0 spiro atoms. The maximum Gasteiger partial charge on any atom is 0.101 e. The van der Waals surface area contributed by atoms with Crippen LogP contribution in [0.3, 0.4) is 0 Å². The minimum atomic E-state index is -0.524. The van der Waals surface area contributed by atoms with Gasteiger partial charge in [-0.05, 0) is 30.5 Å². The van der Waals surface area contributed by atoms with Crippen molar-refractivity contribution < 1.29 is 5.11 Å². The van der Waals surface area contributed by atoms with Gasteiger partial charge in [-0.1, -0.05) is 39.0 Å². The highest BCUT2D eigenvalue weighted by molar-refractivity contribution is 7.09. The Kier molecular flexibility index (Phi) is 4.31. The lowest BCUT2D eigenvalue weighted by Gasteiger charge is -2.14. The summed E-state index contributed by atoms with van der Waals surface area (Å²) in [4.78, 5) is 4.59. The summed E-state index contributed by atoms with van der Waals surface area (Å²) in [7, 11) is 0. The molecule has 2 aromatic rings. The average Bonchev–Trinajstić information content (AvgIpc) is 2.83. The maximum atomic E-state index is 10.4. The standard InChI is InChI=1S/C17H23NOS/c1-11-6-7-13(8-12(11)2)9-15(19)14-10-20-16(18-14)17(3,4)5/h6-8,10,15,19H,9H2,1-5H3. The zero-order valence-electron chi connectivity index (χ0n) is 12.9. The molecule has 0 radical (unpaired) electrons. The lowest BCUT2D eigenvalue weighted by Crippen LogP contribution is -2.11. The molecule has 0 bridgehead atoms. The van der Waals surface area contributed by atoms with Crippen molar-refractivity contribution in [2.45, 2.75) is 52.6 Å². The molecule has 0 saturated heterocycles. The third-order valence-electron chi connectivity index (χ3n) is 3.51. The van der Waals surface area contributed by atoms with E-state index >= 15 is 0 Å². The van der Waals surface area contributed by atoms with Crippen LogP contribution in [-0.4, -0.2) is 10.1 Å². The van der Waals surface area contributed by atoms with Crippen LogP contribution in [0.5, 0.6) is 0 Å². The highest BCUT2D eigenvalue weighted by atomic mass is 32.1. The molecular weight excluding hydrogens is 266 g/mol. The van der Waals surface area contributed by atoms with Gasteiger partial charge in [0.25, 0.3) is 0 Å². The van der Waals surface area contributed by atoms with E-state index in [1.165, 1.54) is 11.1 Å². The molecule has 0 fully saturated rings. The van der Waals surface area contributed by atoms with E-state index in [1.807, 2.05) is 5.38 Å². The molecule has 3 heteroatoms. The number of rotatable bonds is 3. The number of thiazole rings is 1. The van der Waals surface area contributed by atoms with E-state index in [1.54, 1.807) is 11.3 Å². The smallest absolute Gasteiger partial charge is 0.101 e. The topological polar surface area (TPSA) is 33.1 Å². The molecule has 0 aliphatic heterocycles. The van der Waals surface area contributed by atoms with Gasteiger partial charge in [-0.2, -0.15) is 0 Å². The lowest BCUT2D eigenvalue weighted by molar-refractivity contribution is 0.174. The normalized spacial score (nSPS) is 13.5. The predicted octanol–water partition coefficient (Wildman–Crippen LogP) is 4.33. The number of aliphatic hydroxyl groups excluding tert-OH is 1. The first-order valence-corrected chi connectivity index (χ1v) is 7.85. The van der Waals surface area contributed by atoms with E-state index in [-0.39, 0.29) is 5.41 Å². The molecule has 20 heavy (non-hydrogen) atoms. The summed E-state index contributed by atoms with van der Waals surface area (Å²) < 4.78 is 0. The van der Waals surface area contributed by atoms with Crippen molar-refractivity contribution in [3.8, 4) is 0 Å². The van der Waals surface area contributed by atoms with Crippen LogP contribution >= 0.6 is 11.3 Å². The second-order valence-electron chi connectivity index (χ2n) is 6.47. The molecule has 0 aliphatic rings. The van der Waals surface area contributed by atoms with Gasteiger partial charge in [0.1, 0.15) is 6.10 Å². The van der Waals surface area contributed by atoms with Crippen LogP contribution in [0.15, 0.2) is 23.6 Å². The molecule has 1 aromatic heterocycles. The molecule has 0 aliphatic carbocycles. The second kappa shape index (κ2) is 5.66. The maximum absolute atomic E-state index is 10.4. The van der Waals surface area contributed by atoms with Crippen molar-refractivity contribution in [2.75, 3.05) is 0 Å². The third kappa shape index (κ3) is 3.47. The number of benzene rings is 1. The van der Waals surface area contributed by atoms with Crippen LogP contribution in [0, 0.1) is 13.8 Å². The van der Waals surface area contributed by atoms with Crippen LogP contribution in [0.2, 0.25) is 0 Å². The Bertz CT molecular complexity index is 595. The zero-order chi connectivity index (χ0) is 14.9. The second-order valence-corrected chi connectivity index (χ2v) is 7.32. The number of aromatic nitrogens is 1. The average molecular weight is 289 g/mol. The van der Waals surface area contributed by atoms with E-state index in [0.29, 0.717) is 6.42 Å². The number of hydrogen-bond acceptors (Lipinski definition) is 3. The summed E-state index contributed by atoms with van der Waals surface area (Å²) in [6.45, 7) is 10.6. The number of aryl methyl sites for hydroxylation is 2. The highest BCUT2D eigenvalue weighted by Crippen LogP contribution is 2.28. The Labute approximate surface area is 125 Å². The van der Waals surface area contributed by atoms with E-state index in [4.69, 9.17) is 0 Å². The zero-order valence-corrected chi connectivity index (χ0v) is 13.7. The van der Waals surface area contributed by atoms with Gasteiger partial charge in [0.05, 0.1) is 10.7 Å². The molecule has 0 saturated carbocycles. The van der Waals surface area contributed by atoms with Crippen molar-refractivity contribution >= 4 is 11.3 Å². The Balaban J connectivity index is 2.13. The van der Waals surface area contributed by atoms with Gasteiger partial charge in [-0.25, -0.2) is 4.98 Å². The summed E-state index contributed by atoms with van der Waals surface area (Å²) in [6.07, 6.45) is 0.0958. The van der Waals surface area contributed by atoms with Gasteiger partial charge in [-0.15, -0.1) is 11.3 Å². The molecule has 1 N–H and O–H groups in total. The quantitative estimate of drug-likeness (QED) is 0.912. The fourth-order valence-corrected chi connectivity index (χ4v) is 3.00. The summed E-state index contributed by atoms with van der Waals surface area (Å²) in [5.74, 6) is 0. The number of hydrogen-bond donors (Lipinski definition) is 1. The summed E-state index contributed by atoms with van der Waals surface area (Å²) in [6, 6.07) is 6.34. The van der Waals surface area contributed by atoms with Crippen molar-refractivity contribution in [3.63, 3.8) is 0 Å². The van der Waals surface area contributed by atoms with Gasteiger partial charge in [0.2, 0.25) is 0 Å². The molecule has 2 nitrogen and oxygen atoms in total. The molecule has 2 rings (SSSR count). The first-order valence-electron chi connectivity index (χ1n) is 6.97. The summed E-state index contributed by atoms with van der Waals surface area (Å²) in [5.41, 5.74) is 4.54. The van der Waals surface area contributed by atoms with Crippen LogP contribution in [0.4, 0.5) is 0 Å². The Hall–Kier alpha value is -1.19. The van der Waals surface area contributed by atoms with Gasteiger partial charge in [0.15, 0.2) is 0 Å². The monoisotopic (exact) mass is 289 g/mol. The van der Waals surface area contributed by atoms with Gasteiger partial charge < -0.3 is 5.11 Å². The Morgan fingerprint density at radius 3 is 2.45 bits per heavy atom. The van der Waals surface area contributed by atoms with E-state index < -0.39 is 6.10 Å². The van der Waals surface area contributed by atoms with Crippen LogP contribution < -0.4 is 0 Å². The van der Waals surface area contributed by atoms with E-state index in [9.17, 15) is 5.11 Å². The Morgan fingerprint density at radius 1 is 1.20 bits per heavy atom. The SMILES string of the molecule is Cc1ccc(CC(O)c2csc(C(C)(C)C)n2)cc1C. The fourth-order valence-electron chi connectivity index (χ4n) is 2.04. The predicted molar refractivity (Wildman–Crippen MR) is 85.4 cm³/mol. The minimum absolute atomic E-state index is 0.0447. The van der Waals surface area contributed by atoms with Gasteiger partial charge >= 0.3 is 0 Å². The molecule has 1 heterocycles. The van der Waals surface area contributed by atoms with E-state index in [2.05, 4.69) is 57.8 Å². The van der Waals surface area contributed by atoms with Crippen molar-refractivity contribution in [2.24, 2.45) is 0 Å². The molecule has 1 aromatic carbocycles. The first-order chi connectivity index (χ1) is 9.27. The molecular formula is C17H23NOS. The fraction of sp³-hybridized carbons (Fsp3) is 0.471. The van der Waals surface area contributed by atoms with Crippen LogP contribution in [0.1, 0.15) is 54.3 Å². The molecule has 108 valence electrons. The highest BCUT2D eigenvalue weighted by Gasteiger charge is 2.20. The van der Waals surface area contributed by atoms with Crippen LogP contribution in [-0.2, 0) is 11.8 Å². The molecule has 0 amide bonds. The third-order valence-corrected chi connectivity index (χ3v) is 4.79. The summed E-state index contributed by atoms with van der Waals surface area (Å²) >= 11 is 1.63. The number of nitrogens with zero attached hydrogens (tertiary/aromatic N) is 1. The van der Waals surface area contributed by atoms with E-state index in [0.717, 1.165) is 16.3 Å². The number of aliphatic hydroxyl groups is 1. The van der Waals surface area contributed by atoms with Crippen molar-refractivity contribution in [1.82, 2.24) is 4.98 Å². The first kappa shape index (κ1) is 15.2. The Morgan fingerprint density at radius 2 is 1.90 bits per heavy atom. The van der Waals surface area contributed by atoms with Crippen molar-refractivity contribution in [3.05, 3.63) is 51.0 Å². The van der Waals surface area contributed by atoms with Gasteiger partial charge in [-0.3, -0.25) is 0 Å². The minimum Gasteiger partial charge on any atom is -0.386 e. The van der Waals surface area contributed by atoms with Crippen LogP contribution in [0.25, 0.3) is 0 Å². The molecule has 1 unspecified atom stereocenters. The molecule has 1 atom stereocenters. The summed E-state index contributed by atoms with van der Waals surface area (Å²) in [5, 5.41) is 13.4.